The third-order valence-corrected chi connectivity index (χ3v) is 1.81. The van der Waals surface area contributed by atoms with Crippen molar-refractivity contribution in [3.8, 4) is 0 Å². The molecule has 0 radical (unpaired) electrons. The van der Waals surface area contributed by atoms with E-state index in [1.54, 1.807) is 14.0 Å². The van der Waals surface area contributed by atoms with Gasteiger partial charge in [0, 0.05) is 20.3 Å². The standard InChI is InChI=1S/C9H14N2O3/c1-8-10-14-9(12)11(8)6-4-3-5-7-13-2/h3-4H,5-7H2,1-2H3/b4-3-. The van der Waals surface area contributed by atoms with Gasteiger partial charge in [-0.15, -0.1) is 0 Å². The molecule has 1 heterocycles. The average molecular weight is 198 g/mol. The van der Waals surface area contributed by atoms with E-state index in [9.17, 15) is 4.79 Å². The van der Waals surface area contributed by atoms with Crippen molar-refractivity contribution in [1.29, 1.82) is 0 Å². The number of aryl methyl sites for hydroxylation is 1. The lowest BCUT2D eigenvalue weighted by Crippen LogP contribution is -2.14. The Hall–Kier alpha value is -1.36. The van der Waals surface area contributed by atoms with E-state index < -0.39 is 5.76 Å². The van der Waals surface area contributed by atoms with Crippen LogP contribution in [0.4, 0.5) is 0 Å². The van der Waals surface area contributed by atoms with Gasteiger partial charge in [-0.25, -0.2) is 4.79 Å². The van der Waals surface area contributed by atoms with Crippen molar-refractivity contribution in [2.75, 3.05) is 13.7 Å². The quantitative estimate of drug-likeness (QED) is 0.517. The molecule has 0 aliphatic carbocycles. The molecule has 0 saturated carbocycles. The minimum absolute atomic E-state index is 0.418. The van der Waals surface area contributed by atoms with Crippen LogP contribution in [0.15, 0.2) is 21.5 Å². The lowest BCUT2D eigenvalue weighted by Gasteiger charge is -1.95. The topological polar surface area (TPSA) is 57.3 Å². The Labute approximate surface area is 82.0 Å². The summed E-state index contributed by atoms with van der Waals surface area (Å²) >= 11 is 0. The van der Waals surface area contributed by atoms with Gasteiger partial charge in [-0.2, -0.15) is 0 Å². The number of nitrogens with zero attached hydrogens (tertiary/aromatic N) is 2. The molecule has 1 aromatic rings. The van der Waals surface area contributed by atoms with E-state index in [0.29, 0.717) is 19.0 Å². The predicted octanol–water partition coefficient (Wildman–Crippen LogP) is 0.737. The van der Waals surface area contributed by atoms with Gasteiger partial charge in [0.15, 0.2) is 5.82 Å². The first-order valence-corrected chi connectivity index (χ1v) is 4.42. The number of rotatable bonds is 5. The molecule has 5 nitrogen and oxygen atoms in total. The molecule has 1 rings (SSSR count). The first-order chi connectivity index (χ1) is 6.75. The summed E-state index contributed by atoms with van der Waals surface area (Å²) in [5.74, 6) is 0.172. The Morgan fingerprint density at radius 3 is 2.93 bits per heavy atom. The summed E-state index contributed by atoms with van der Waals surface area (Å²) in [7, 11) is 1.66. The summed E-state index contributed by atoms with van der Waals surface area (Å²) < 4.78 is 10.8. The molecule has 0 aromatic carbocycles. The van der Waals surface area contributed by atoms with Gasteiger partial charge in [0.2, 0.25) is 0 Å². The van der Waals surface area contributed by atoms with E-state index in [1.165, 1.54) is 4.57 Å². The lowest BCUT2D eigenvalue weighted by atomic mass is 10.4. The summed E-state index contributed by atoms with van der Waals surface area (Å²) in [5, 5.41) is 3.55. The highest BCUT2D eigenvalue weighted by atomic mass is 16.5. The molecule has 14 heavy (non-hydrogen) atoms. The second-order valence-electron chi connectivity index (χ2n) is 2.86. The van der Waals surface area contributed by atoms with Gasteiger partial charge in [-0.05, 0) is 13.3 Å². The molecule has 5 heteroatoms. The summed E-state index contributed by atoms with van der Waals surface area (Å²) in [6.07, 6.45) is 4.70. The molecule has 0 amide bonds. The van der Waals surface area contributed by atoms with E-state index in [4.69, 9.17) is 4.74 Å². The second-order valence-corrected chi connectivity index (χ2v) is 2.86. The normalized spacial score (nSPS) is 11.3. The number of allylic oxidation sites excluding steroid dienone is 1. The van der Waals surface area contributed by atoms with Crippen LogP contribution in [0.2, 0.25) is 0 Å². The molecule has 0 spiro atoms. The molecule has 0 aliphatic heterocycles. The number of hydrogen-bond acceptors (Lipinski definition) is 4. The van der Waals surface area contributed by atoms with Crippen molar-refractivity contribution in [1.82, 2.24) is 9.72 Å². The fourth-order valence-corrected chi connectivity index (χ4v) is 1.03. The maximum absolute atomic E-state index is 11.0. The van der Waals surface area contributed by atoms with Gasteiger partial charge < -0.3 is 4.74 Å². The molecule has 0 unspecified atom stereocenters. The first-order valence-electron chi connectivity index (χ1n) is 4.42. The van der Waals surface area contributed by atoms with E-state index in [0.717, 1.165) is 6.42 Å². The Morgan fingerprint density at radius 1 is 1.57 bits per heavy atom. The summed E-state index contributed by atoms with van der Waals surface area (Å²) in [5.41, 5.74) is 0. The fourth-order valence-electron chi connectivity index (χ4n) is 1.03. The van der Waals surface area contributed by atoms with Crippen LogP contribution >= 0.6 is 0 Å². The fraction of sp³-hybridized carbons (Fsp3) is 0.556. The van der Waals surface area contributed by atoms with Crippen LogP contribution in [-0.2, 0) is 11.3 Å². The highest BCUT2D eigenvalue weighted by Gasteiger charge is 2.02. The highest BCUT2D eigenvalue weighted by molar-refractivity contribution is 4.87. The number of hydrogen-bond donors (Lipinski definition) is 0. The Kier molecular flexibility index (Phi) is 4.12. The van der Waals surface area contributed by atoms with Crippen LogP contribution in [0, 0.1) is 6.92 Å². The van der Waals surface area contributed by atoms with Gasteiger partial charge in [0.05, 0.1) is 0 Å². The lowest BCUT2D eigenvalue weighted by molar-refractivity contribution is 0.204. The molecule has 0 saturated heterocycles. The zero-order chi connectivity index (χ0) is 10.4. The van der Waals surface area contributed by atoms with Crippen molar-refractivity contribution in [2.24, 2.45) is 0 Å². The van der Waals surface area contributed by atoms with Crippen LogP contribution in [0.1, 0.15) is 12.2 Å². The van der Waals surface area contributed by atoms with Crippen LogP contribution in [-0.4, -0.2) is 23.4 Å². The molecule has 0 atom stereocenters. The van der Waals surface area contributed by atoms with E-state index in [-0.39, 0.29) is 0 Å². The predicted molar refractivity (Wildman–Crippen MR) is 51.1 cm³/mol. The van der Waals surface area contributed by atoms with E-state index in [2.05, 4.69) is 9.68 Å². The van der Waals surface area contributed by atoms with Crippen LogP contribution in [0.3, 0.4) is 0 Å². The van der Waals surface area contributed by atoms with Crippen LogP contribution in [0.5, 0.6) is 0 Å². The van der Waals surface area contributed by atoms with Crippen LogP contribution in [0.25, 0.3) is 0 Å². The van der Waals surface area contributed by atoms with Crippen molar-refractivity contribution in [2.45, 2.75) is 19.9 Å². The molecule has 0 aliphatic rings. The Morgan fingerprint density at radius 2 is 2.36 bits per heavy atom. The number of methoxy groups -OCH3 is 1. The SMILES string of the molecule is COCC/C=C\Cn1c(C)noc1=O. The zero-order valence-corrected chi connectivity index (χ0v) is 8.40. The molecule has 1 aromatic heterocycles. The smallest absolute Gasteiger partial charge is 0.384 e. The third-order valence-electron chi connectivity index (χ3n) is 1.81. The van der Waals surface area contributed by atoms with E-state index >= 15 is 0 Å². The summed E-state index contributed by atoms with van der Waals surface area (Å²) in [6, 6.07) is 0. The highest BCUT2D eigenvalue weighted by Crippen LogP contribution is 1.91. The van der Waals surface area contributed by atoms with Crippen LogP contribution < -0.4 is 5.76 Å². The third kappa shape index (κ3) is 2.85. The van der Waals surface area contributed by atoms with Gasteiger partial charge in [-0.1, -0.05) is 17.3 Å². The zero-order valence-electron chi connectivity index (χ0n) is 8.40. The monoisotopic (exact) mass is 198 g/mol. The Bertz CT molecular complexity index is 351. The molecular formula is C9H14N2O3. The van der Waals surface area contributed by atoms with Crippen molar-refractivity contribution >= 4 is 0 Å². The van der Waals surface area contributed by atoms with Gasteiger partial charge in [0.1, 0.15) is 0 Å². The Balaban J connectivity index is 2.45. The van der Waals surface area contributed by atoms with E-state index in [1.807, 2.05) is 12.2 Å². The number of aromatic nitrogens is 2. The maximum Gasteiger partial charge on any atom is 0.441 e. The minimum Gasteiger partial charge on any atom is -0.384 e. The minimum atomic E-state index is -0.418. The molecule has 0 bridgehead atoms. The second kappa shape index (κ2) is 5.39. The van der Waals surface area contributed by atoms with Crippen molar-refractivity contribution in [3.63, 3.8) is 0 Å². The molecule has 0 N–H and O–H groups in total. The van der Waals surface area contributed by atoms with Gasteiger partial charge >= 0.3 is 5.76 Å². The summed E-state index contributed by atoms with van der Waals surface area (Å²) in [6.45, 7) is 2.92. The average Bonchev–Trinajstić information content (AvgIpc) is 2.48. The molecule has 0 fully saturated rings. The number of ether oxygens (including phenoxy) is 1. The first kappa shape index (κ1) is 10.7. The van der Waals surface area contributed by atoms with Gasteiger partial charge in [-0.3, -0.25) is 9.09 Å². The van der Waals surface area contributed by atoms with Gasteiger partial charge in [0.25, 0.3) is 0 Å². The molecular weight excluding hydrogens is 184 g/mol. The molecule has 78 valence electrons. The van der Waals surface area contributed by atoms with Crippen molar-refractivity contribution in [3.05, 3.63) is 28.5 Å². The van der Waals surface area contributed by atoms with Crippen molar-refractivity contribution < 1.29 is 9.26 Å². The summed E-state index contributed by atoms with van der Waals surface area (Å²) in [4.78, 5) is 11.0. The largest absolute Gasteiger partial charge is 0.441 e. The maximum atomic E-state index is 11.0.